The van der Waals surface area contributed by atoms with Crippen molar-refractivity contribution in [3.63, 3.8) is 0 Å². The first-order valence-electron chi connectivity index (χ1n) is 22.7. The Labute approximate surface area is 406 Å². The van der Waals surface area contributed by atoms with Crippen LogP contribution in [0.25, 0.3) is 0 Å². The normalized spacial score (nSPS) is 27.1. The number of hydrogen-bond donors (Lipinski definition) is 0. The number of aryl methyl sites for hydroxylation is 1. The second-order valence-corrected chi connectivity index (χ2v) is 27.9. The van der Waals surface area contributed by atoms with Crippen molar-refractivity contribution in [3.8, 4) is 0 Å². The van der Waals surface area contributed by atoms with E-state index in [-0.39, 0.29) is 39.8 Å². The fourth-order valence-corrected chi connectivity index (χ4v) is 18.6. The predicted molar refractivity (Wildman–Crippen MR) is 260 cm³/mol. The standard InChI is InChI=1S/C18H15S.C13H17OS.C10H16O4S.C9H12O8S2/c1-4-10-16(11-5-1)19(17-12-6-2-7-13-17)18-14-8-3-9-15-18;1-11-4-6-12(7-5-11)13(14)10-15-8-2-3-9-15;1-9(2)7-3-4-10(9,8(11)5-7)6-15(12,13)14;10-7(3-18(11,12)13)16-8-4-1-5-6(2-4)19(14,15)17-9(5)8/h1-15H;4-7H,2-3,8-10H2,1H3;7H,3-6H2,1-2H3,(H,12,13,14);4-6,8-9H,1-3H2,(H,11,12,13)/q2*+1;;/p-2. The van der Waals surface area contributed by atoms with E-state index in [1.54, 1.807) is 0 Å². The fraction of sp³-hybridized carbons (Fsp3) is 0.460. The van der Waals surface area contributed by atoms with E-state index in [4.69, 9.17) is 8.92 Å². The largest absolute Gasteiger partial charge is 0.748 e. The van der Waals surface area contributed by atoms with E-state index in [0.717, 1.165) is 17.7 Å². The average Bonchev–Trinajstić information content (AvgIpc) is 4.12. The molecule has 13 nitrogen and oxygen atoms in total. The molecule has 0 N–H and O–H groups in total. The Morgan fingerprint density at radius 1 is 0.794 bits per heavy atom. The van der Waals surface area contributed by atoms with Gasteiger partial charge in [0.1, 0.15) is 45.4 Å². The number of esters is 1. The first kappa shape index (κ1) is 52.0. The summed E-state index contributed by atoms with van der Waals surface area (Å²) in [6.45, 7) is 5.88. The van der Waals surface area contributed by atoms with Gasteiger partial charge in [-0.15, -0.1) is 0 Å². The zero-order valence-electron chi connectivity index (χ0n) is 38.3. The summed E-state index contributed by atoms with van der Waals surface area (Å²) in [6, 6.07) is 40.1. The highest BCUT2D eigenvalue weighted by Crippen LogP contribution is 2.64. The van der Waals surface area contributed by atoms with Crippen molar-refractivity contribution in [3.05, 3.63) is 126 Å². The third-order valence-electron chi connectivity index (χ3n) is 14.3. The lowest BCUT2D eigenvalue weighted by Crippen LogP contribution is -2.42. The van der Waals surface area contributed by atoms with Crippen molar-refractivity contribution in [1.82, 2.24) is 0 Å². The number of rotatable bonds is 11. The summed E-state index contributed by atoms with van der Waals surface area (Å²) in [5.74, 6) is 0.643. The SMILES string of the molecule is CC1(C)C2CCC1(CS(=O)(=O)[O-])C(=O)C2.Cc1ccc(C(=O)C[S+]2CCCC2)cc1.O=C(CS(=O)(=O)[O-])OC1C2CC3C1OS(=O)(=O)C3C2.c1ccc([S+](c2ccccc2)c2ccccc2)cc1. The molecule has 10 rings (SSSR count). The third-order valence-corrected chi connectivity index (χ3v) is 22.1. The molecule has 0 spiro atoms. The van der Waals surface area contributed by atoms with Crippen molar-refractivity contribution in [1.29, 1.82) is 0 Å². The van der Waals surface area contributed by atoms with Crippen molar-refractivity contribution in [2.24, 2.45) is 28.6 Å². The summed E-state index contributed by atoms with van der Waals surface area (Å²) < 4.78 is 97.2. The van der Waals surface area contributed by atoms with Gasteiger partial charge in [-0.25, -0.2) is 16.8 Å². The molecule has 2 heterocycles. The van der Waals surface area contributed by atoms with E-state index in [2.05, 4.69) is 91.0 Å². The van der Waals surface area contributed by atoms with E-state index >= 15 is 0 Å². The second-order valence-electron chi connectivity index (χ2n) is 18.9. The fourth-order valence-electron chi connectivity index (χ4n) is 10.7. The molecule has 4 saturated carbocycles. The van der Waals surface area contributed by atoms with Crippen LogP contribution in [-0.2, 0) is 70.7 Å². The maximum absolute atomic E-state index is 11.9. The number of ether oxygens (including phenoxy) is 1. The third kappa shape index (κ3) is 12.2. The smallest absolute Gasteiger partial charge is 0.320 e. The Hall–Kier alpha value is -3.88. The molecule has 7 atom stereocenters. The van der Waals surface area contributed by atoms with Crippen LogP contribution in [0.1, 0.15) is 74.7 Å². The lowest BCUT2D eigenvalue weighted by atomic mass is 9.70. The molecule has 18 heteroatoms. The molecule has 4 bridgehead atoms. The molecular weight excluding hydrogens is 969 g/mol. The number of carbonyl (C=O) groups is 3. The van der Waals surface area contributed by atoms with Crippen LogP contribution >= 0.6 is 0 Å². The minimum atomic E-state index is -4.70. The number of carbonyl (C=O) groups excluding carboxylic acids is 3. The summed E-state index contributed by atoms with van der Waals surface area (Å²) in [4.78, 5) is 39.2. The van der Waals surface area contributed by atoms with Crippen LogP contribution in [0.2, 0.25) is 0 Å². The predicted octanol–water partition coefficient (Wildman–Crippen LogP) is 6.88. The van der Waals surface area contributed by atoms with Crippen LogP contribution in [0.5, 0.6) is 0 Å². The number of ketones is 2. The Balaban J connectivity index is 0.000000135. The molecule has 0 aromatic heterocycles. The average molecular weight is 1030 g/mol. The lowest BCUT2D eigenvalue weighted by molar-refractivity contribution is -0.152. The van der Waals surface area contributed by atoms with Crippen LogP contribution in [0.15, 0.2) is 130 Å². The molecule has 7 unspecified atom stereocenters. The zero-order valence-corrected chi connectivity index (χ0v) is 42.3. The molecule has 4 aromatic carbocycles. The number of fused-ring (bicyclic) bond motifs is 3. The number of Topliss-reactive ketones (excluding diaryl/α,β-unsaturated/α-hetero) is 2. The molecule has 4 aromatic rings. The van der Waals surface area contributed by atoms with Gasteiger partial charge in [-0.1, -0.05) is 98.3 Å². The van der Waals surface area contributed by atoms with E-state index in [1.807, 2.05) is 45.0 Å². The molecule has 2 saturated heterocycles. The second kappa shape index (κ2) is 21.2. The highest BCUT2D eigenvalue weighted by molar-refractivity contribution is 7.97. The van der Waals surface area contributed by atoms with Gasteiger partial charge in [0.05, 0.1) is 32.0 Å². The molecule has 0 amide bonds. The van der Waals surface area contributed by atoms with Crippen molar-refractivity contribution in [2.45, 2.75) is 97.9 Å². The topological polar surface area (TPSA) is 218 Å². The molecule has 68 heavy (non-hydrogen) atoms. The minimum Gasteiger partial charge on any atom is -0.748 e. The Bertz CT molecular complexity index is 2650. The Morgan fingerprint density at radius 2 is 1.32 bits per heavy atom. The van der Waals surface area contributed by atoms with Crippen molar-refractivity contribution >= 4 is 69.7 Å². The summed E-state index contributed by atoms with van der Waals surface area (Å²) in [5.41, 5.74) is 0.884. The molecule has 0 radical (unpaired) electrons. The first-order valence-corrected chi connectivity index (χ1v) is 30.3. The molecule has 6 fully saturated rings. The van der Waals surface area contributed by atoms with Gasteiger partial charge in [-0.2, -0.15) is 8.42 Å². The van der Waals surface area contributed by atoms with Crippen LogP contribution in [0.3, 0.4) is 0 Å². The monoisotopic (exact) mass is 1030 g/mol. The summed E-state index contributed by atoms with van der Waals surface area (Å²) in [5, 5.41) is -0.541. The van der Waals surface area contributed by atoms with Crippen LogP contribution < -0.4 is 0 Å². The zero-order chi connectivity index (χ0) is 49.1. The molecular formula is C50H58O13S5. The van der Waals surface area contributed by atoms with Gasteiger partial charge in [-0.05, 0) is 104 Å². The number of benzene rings is 4. The van der Waals surface area contributed by atoms with E-state index in [9.17, 15) is 48.7 Å². The molecule has 6 aliphatic rings. The van der Waals surface area contributed by atoms with Crippen LogP contribution in [-0.4, -0.2) is 98.1 Å². The van der Waals surface area contributed by atoms with Gasteiger partial charge < -0.3 is 13.8 Å². The van der Waals surface area contributed by atoms with Crippen molar-refractivity contribution in [2.75, 3.05) is 28.8 Å². The van der Waals surface area contributed by atoms with E-state index < -0.39 is 70.7 Å². The van der Waals surface area contributed by atoms with Gasteiger partial charge >= 0.3 is 5.97 Å². The Kier molecular flexibility index (Phi) is 16.2. The van der Waals surface area contributed by atoms with E-state index in [0.29, 0.717) is 42.4 Å². The highest BCUT2D eigenvalue weighted by Gasteiger charge is 2.66. The lowest BCUT2D eigenvalue weighted by Gasteiger charge is -2.37. The van der Waals surface area contributed by atoms with Gasteiger partial charge in [-0.3, -0.25) is 18.6 Å². The summed E-state index contributed by atoms with van der Waals surface area (Å²) in [6.07, 6.45) is 3.96. The number of hydrogen-bond acceptors (Lipinski definition) is 13. The molecule has 366 valence electrons. The van der Waals surface area contributed by atoms with Gasteiger partial charge in [0, 0.05) is 29.2 Å². The highest BCUT2D eigenvalue weighted by atomic mass is 32.2. The van der Waals surface area contributed by atoms with Crippen LogP contribution in [0, 0.1) is 35.5 Å². The summed E-state index contributed by atoms with van der Waals surface area (Å²) in [7, 11) is -12.3. The van der Waals surface area contributed by atoms with Gasteiger partial charge in [0.15, 0.2) is 20.4 Å². The maximum atomic E-state index is 11.9. The minimum absolute atomic E-state index is 0.0146. The van der Waals surface area contributed by atoms with E-state index in [1.165, 1.54) is 44.6 Å². The molecule has 4 aliphatic carbocycles. The Morgan fingerprint density at radius 3 is 1.78 bits per heavy atom. The van der Waals surface area contributed by atoms with Crippen LogP contribution in [0.4, 0.5) is 0 Å². The van der Waals surface area contributed by atoms with Gasteiger partial charge in [0.25, 0.3) is 10.1 Å². The first-order chi connectivity index (χ1) is 32.1. The van der Waals surface area contributed by atoms with Gasteiger partial charge in [0.2, 0.25) is 5.78 Å². The van der Waals surface area contributed by atoms with Crippen molar-refractivity contribution < 1.29 is 57.7 Å². The summed E-state index contributed by atoms with van der Waals surface area (Å²) >= 11 is 0. The maximum Gasteiger partial charge on any atom is 0.320 e. The molecule has 2 aliphatic heterocycles. The quantitative estimate of drug-likeness (QED) is 0.0493.